The third-order valence-corrected chi connectivity index (χ3v) is 5.88. The molecule has 4 heteroatoms. The summed E-state index contributed by atoms with van der Waals surface area (Å²) in [7, 11) is 0. The van der Waals surface area contributed by atoms with E-state index in [1.54, 1.807) is 0 Å². The summed E-state index contributed by atoms with van der Waals surface area (Å²) in [6.45, 7) is 3.09. The van der Waals surface area contributed by atoms with Crippen LogP contribution in [0.5, 0.6) is 0 Å². The van der Waals surface area contributed by atoms with Crippen molar-refractivity contribution in [1.29, 1.82) is 0 Å². The summed E-state index contributed by atoms with van der Waals surface area (Å²) < 4.78 is 6.02. The van der Waals surface area contributed by atoms with Gasteiger partial charge in [0.15, 0.2) is 5.58 Å². The van der Waals surface area contributed by atoms with Crippen molar-refractivity contribution in [3.63, 3.8) is 0 Å². The summed E-state index contributed by atoms with van der Waals surface area (Å²) in [5.41, 5.74) is 0.808. The van der Waals surface area contributed by atoms with Crippen molar-refractivity contribution in [3.05, 3.63) is 35.0 Å². The van der Waals surface area contributed by atoms with Crippen molar-refractivity contribution in [2.24, 2.45) is 0 Å². The van der Waals surface area contributed by atoms with Gasteiger partial charge < -0.3 is 9.73 Å². The minimum absolute atomic E-state index is 0.268. The minimum atomic E-state index is 0.268. The highest BCUT2D eigenvalue weighted by Gasteiger charge is 2.21. The Morgan fingerprint density at radius 2 is 2.19 bits per heavy atom. The number of halogens is 1. The fraction of sp³-hybridized carbons (Fsp3) is 0.529. The Labute approximate surface area is 135 Å². The van der Waals surface area contributed by atoms with Crippen LogP contribution in [0.15, 0.2) is 28.7 Å². The van der Waals surface area contributed by atoms with Crippen LogP contribution in [0, 0.1) is 0 Å². The Balaban J connectivity index is 1.75. The Hall–Kier alpha value is -0.640. The molecular weight excluding hydrogens is 302 g/mol. The van der Waals surface area contributed by atoms with Crippen LogP contribution in [-0.2, 0) is 0 Å². The molecule has 0 amide bonds. The molecule has 3 rings (SSSR count). The first-order valence-corrected chi connectivity index (χ1v) is 9.23. The van der Waals surface area contributed by atoms with Crippen molar-refractivity contribution in [1.82, 2.24) is 5.32 Å². The van der Waals surface area contributed by atoms with Crippen LogP contribution < -0.4 is 5.32 Å². The van der Waals surface area contributed by atoms with E-state index in [4.69, 9.17) is 16.0 Å². The molecule has 1 aromatic carbocycles. The van der Waals surface area contributed by atoms with Gasteiger partial charge in [-0.1, -0.05) is 43.5 Å². The predicted octanol–water partition coefficient (Wildman–Crippen LogP) is 5.41. The summed E-state index contributed by atoms with van der Waals surface area (Å²) in [5.74, 6) is 2.07. The second kappa shape index (κ2) is 7.08. The molecule has 0 saturated heterocycles. The van der Waals surface area contributed by atoms with Gasteiger partial charge in [0.1, 0.15) is 5.76 Å². The highest BCUT2D eigenvalue weighted by Crippen LogP contribution is 2.34. The number of fused-ring (bicyclic) bond motifs is 1. The summed E-state index contributed by atoms with van der Waals surface area (Å²) in [4.78, 5) is 0. The van der Waals surface area contributed by atoms with E-state index in [2.05, 4.69) is 36.1 Å². The molecule has 114 valence electrons. The summed E-state index contributed by atoms with van der Waals surface area (Å²) >= 11 is 8.30. The maximum atomic E-state index is 6.21. The molecule has 0 spiro atoms. The molecule has 0 bridgehead atoms. The molecule has 0 aliphatic heterocycles. The summed E-state index contributed by atoms with van der Waals surface area (Å²) in [5, 5.41) is 6.16. The lowest BCUT2D eigenvalue weighted by molar-refractivity contribution is 0.463. The summed E-state index contributed by atoms with van der Waals surface area (Å²) in [6.07, 6.45) is 5.53. The number of nitrogens with one attached hydrogen (secondary N) is 1. The molecule has 1 saturated carbocycles. The van der Waals surface area contributed by atoms with Crippen molar-refractivity contribution in [2.75, 3.05) is 12.3 Å². The molecule has 1 fully saturated rings. The smallest absolute Gasteiger partial charge is 0.152 e. The molecule has 1 aliphatic rings. The first-order valence-electron chi connectivity index (χ1n) is 7.81. The molecule has 1 heterocycles. The molecular formula is C17H22ClNOS. The first-order chi connectivity index (χ1) is 10.3. The second-order valence-electron chi connectivity index (χ2n) is 5.66. The van der Waals surface area contributed by atoms with Crippen LogP contribution in [0.1, 0.15) is 44.4 Å². The van der Waals surface area contributed by atoms with E-state index < -0.39 is 0 Å². The topological polar surface area (TPSA) is 25.2 Å². The Kier molecular flexibility index (Phi) is 5.15. The lowest BCUT2D eigenvalue weighted by Gasteiger charge is -2.17. The summed E-state index contributed by atoms with van der Waals surface area (Å²) in [6, 6.07) is 8.31. The standard InChI is InChI=1S/C17H22ClNOS/c1-2-19-15(11-21-13-7-3-4-8-13)16-10-12-6-5-9-14(18)17(12)20-16/h5-6,9-10,13,15,19H,2-4,7-8,11H2,1H3. The number of hydrogen-bond donors (Lipinski definition) is 1. The van der Waals surface area contributed by atoms with Gasteiger partial charge in [-0.25, -0.2) is 0 Å². The third kappa shape index (κ3) is 3.58. The molecule has 1 aliphatic carbocycles. The number of para-hydroxylation sites is 1. The van der Waals surface area contributed by atoms with Crippen molar-refractivity contribution in [2.45, 2.75) is 43.9 Å². The van der Waals surface area contributed by atoms with Crippen LogP contribution in [0.3, 0.4) is 0 Å². The van der Waals surface area contributed by atoms with Crippen LogP contribution in [0.4, 0.5) is 0 Å². The molecule has 1 unspecified atom stereocenters. The van der Waals surface area contributed by atoms with Gasteiger partial charge in [-0.2, -0.15) is 11.8 Å². The van der Waals surface area contributed by atoms with E-state index in [9.17, 15) is 0 Å². The first kappa shape index (κ1) is 15.3. The Morgan fingerprint density at radius 3 is 2.90 bits per heavy atom. The third-order valence-electron chi connectivity index (χ3n) is 4.11. The molecule has 1 atom stereocenters. The van der Waals surface area contributed by atoms with Gasteiger partial charge in [0.25, 0.3) is 0 Å². The zero-order valence-electron chi connectivity index (χ0n) is 12.4. The van der Waals surface area contributed by atoms with Gasteiger partial charge in [0.05, 0.1) is 11.1 Å². The van der Waals surface area contributed by atoms with Crippen molar-refractivity contribution in [3.8, 4) is 0 Å². The predicted molar refractivity (Wildman–Crippen MR) is 92.4 cm³/mol. The molecule has 21 heavy (non-hydrogen) atoms. The molecule has 2 aromatic rings. The number of thioether (sulfide) groups is 1. The lowest BCUT2D eigenvalue weighted by atomic mass is 10.2. The molecule has 0 radical (unpaired) electrons. The number of hydrogen-bond acceptors (Lipinski definition) is 3. The zero-order chi connectivity index (χ0) is 14.7. The van der Waals surface area contributed by atoms with Gasteiger partial charge in [0.2, 0.25) is 0 Å². The fourth-order valence-corrected chi connectivity index (χ4v) is 4.63. The number of benzene rings is 1. The van der Waals surface area contributed by atoms with Gasteiger partial charge in [-0.3, -0.25) is 0 Å². The molecule has 1 N–H and O–H groups in total. The van der Waals surface area contributed by atoms with Gasteiger partial charge in [-0.15, -0.1) is 0 Å². The average Bonchev–Trinajstić information content (AvgIpc) is 3.13. The average molecular weight is 324 g/mol. The maximum absolute atomic E-state index is 6.21. The van der Waals surface area contributed by atoms with E-state index in [0.717, 1.165) is 34.3 Å². The minimum Gasteiger partial charge on any atom is -0.458 e. The van der Waals surface area contributed by atoms with E-state index >= 15 is 0 Å². The van der Waals surface area contributed by atoms with Crippen LogP contribution >= 0.6 is 23.4 Å². The fourth-order valence-electron chi connectivity index (χ4n) is 2.99. The zero-order valence-corrected chi connectivity index (χ0v) is 14.0. The normalized spacial score (nSPS) is 17.6. The van der Waals surface area contributed by atoms with Gasteiger partial charge >= 0.3 is 0 Å². The van der Waals surface area contributed by atoms with E-state index in [1.165, 1.54) is 25.7 Å². The molecule has 1 aromatic heterocycles. The highest BCUT2D eigenvalue weighted by molar-refractivity contribution is 7.99. The Bertz CT molecular complexity index is 591. The largest absolute Gasteiger partial charge is 0.458 e. The van der Waals surface area contributed by atoms with Gasteiger partial charge in [-0.05, 0) is 31.5 Å². The monoisotopic (exact) mass is 323 g/mol. The van der Waals surface area contributed by atoms with Crippen molar-refractivity contribution < 1.29 is 4.42 Å². The van der Waals surface area contributed by atoms with E-state index in [-0.39, 0.29) is 6.04 Å². The molecule has 2 nitrogen and oxygen atoms in total. The number of rotatable bonds is 6. The lowest BCUT2D eigenvalue weighted by Crippen LogP contribution is -2.23. The second-order valence-corrected chi connectivity index (χ2v) is 7.40. The quantitative estimate of drug-likeness (QED) is 0.769. The van der Waals surface area contributed by atoms with Crippen LogP contribution in [-0.4, -0.2) is 17.5 Å². The maximum Gasteiger partial charge on any atom is 0.152 e. The SMILES string of the molecule is CCNC(CSC1CCCC1)c1cc2cccc(Cl)c2o1. The van der Waals surface area contributed by atoms with Crippen LogP contribution in [0.2, 0.25) is 5.02 Å². The highest BCUT2D eigenvalue weighted by atomic mass is 35.5. The van der Waals surface area contributed by atoms with E-state index in [1.807, 2.05) is 12.1 Å². The van der Waals surface area contributed by atoms with Crippen LogP contribution in [0.25, 0.3) is 11.0 Å². The van der Waals surface area contributed by atoms with Crippen molar-refractivity contribution >= 4 is 34.3 Å². The van der Waals surface area contributed by atoms with Gasteiger partial charge in [0, 0.05) is 16.4 Å². The number of furan rings is 1. The Morgan fingerprint density at radius 1 is 1.38 bits per heavy atom. The van der Waals surface area contributed by atoms with E-state index in [0.29, 0.717) is 5.02 Å².